The molecule has 6 nitrogen and oxygen atoms in total. The number of halogens is 2. The van der Waals surface area contributed by atoms with E-state index in [-0.39, 0.29) is 5.76 Å². The van der Waals surface area contributed by atoms with Gasteiger partial charge < -0.3 is 20.2 Å². The quantitative estimate of drug-likeness (QED) is 0.621. The Labute approximate surface area is 172 Å². The SMILES string of the molecule is Nc1ccc(-c2ccc(F)c(F)c2)cc1NC(=O)c1ccc(CN2CCOCC2)o1. The number of carbonyl (C=O) groups excluding carboxylic acids is 1. The van der Waals surface area contributed by atoms with Gasteiger partial charge >= 0.3 is 0 Å². The zero-order valence-corrected chi connectivity index (χ0v) is 16.2. The summed E-state index contributed by atoms with van der Waals surface area (Å²) in [6.07, 6.45) is 0. The molecule has 0 unspecified atom stereocenters. The van der Waals surface area contributed by atoms with Gasteiger partial charge in [0, 0.05) is 13.1 Å². The zero-order chi connectivity index (χ0) is 21.1. The molecule has 1 amide bonds. The molecule has 1 aromatic heterocycles. The molecule has 0 bridgehead atoms. The highest BCUT2D eigenvalue weighted by Crippen LogP contribution is 2.29. The van der Waals surface area contributed by atoms with E-state index >= 15 is 0 Å². The van der Waals surface area contributed by atoms with E-state index in [0.717, 1.165) is 25.2 Å². The van der Waals surface area contributed by atoms with Crippen LogP contribution in [0.2, 0.25) is 0 Å². The summed E-state index contributed by atoms with van der Waals surface area (Å²) in [6, 6.07) is 11.9. The molecule has 0 atom stereocenters. The fourth-order valence-electron chi connectivity index (χ4n) is 3.27. The molecule has 2 aromatic carbocycles. The number of morpholine rings is 1. The molecule has 0 spiro atoms. The molecule has 156 valence electrons. The first kappa shape index (κ1) is 20.1. The Balaban J connectivity index is 1.48. The number of nitrogen functional groups attached to an aromatic ring is 1. The smallest absolute Gasteiger partial charge is 0.291 e. The van der Waals surface area contributed by atoms with Gasteiger partial charge in [-0.2, -0.15) is 0 Å². The van der Waals surface area contributed by atoms with E-state index in [1.807, 2.05) is 0 Å². The minimum atomic E-state index is -0.946. The van der Waals surface area contributed by atoms with Gasteiger partial charge in [0.25, 0.3) is 5.91 Å². The summed E-state index contributed by atoms with van der Waals surface area (Å²) in [7, 11) is 0. The second-order valence-corrected chi connectivity index (χ2v) is 7.04. The van der Waals surface area contributed by atoms with Crippen molar-refractivity contribution in [3.63, 3.8) is 0 Å². The van der Waals surface area contributed by atoms with E-state index in [1.54, 1.807) is 30.3 Å². The van der Waals surface area contributed by atoms with Crippen LogP contribution in [0.5, 0.6) is 0 Å². The van der Waals surface area contributed by atoms with Gasteiger partial charge in [0.2, 0.25) is 0 Å². The summed E-state index contributed by atoms with van der Waals surface area (Å²) >= 11 is 0. The largest absolute Gasteiger partial charge is 0.455 e. The van der Waals surface area contributed by atoms with E-state index < -0.39 is 17.5 Å². The standard InChI is InChI=1S/C22H21F2N3O3/c23-17-4-1-14(11-18(17)24)15-2-5-19(25)20(12-15)26-22(28)21-6-3-16(30-21)13-27-7-9-29-10-8-27/h1-6,11-12H,7-10,13,25H2,(H,26,28). The van der Waals surface area contributed by atoms with E-state index in [9.17, 15) is 13.6 Å². The summed E-state index contributed by atoms with van der Waals surface area (Å²) in [5.74, 6) is -1.47. The number of anilines is 2. The Morgan fingerprint density at radius 1 is 1.00 bits per heavy atom. The van der Waals surface area contributed by atoms with Gasteiger partial charge in [-0.25, -0.2) is 8.78 Å². The predicted molar refractivity (Wildman–Crippen MR) is 109 cm³/mol. The average molecular weight is 413 g/mol. The average Bonchev–Trinajstić information content (AvgIpc) is 3.21. The highest BCUT2D eigenvalue weighted by atomic mass is 19.2. The van der Waals surface area contributed by atoms with Crippen molar-refractivity contribution in [3.05, 3.63) is 71.7 Å². The number of furan rings is 1. The van der Waals surface area contributed by atoms with Crippen LogP contribution in [-0.2, 0) is 11.3 Å². The molecule has 8 heteroatoms. The Morgan fingerprint density at radius 2 is 1.73 bits per heavy atom. The number of carbonyl (C=O) groups is 1. The van der Waals surface area contributed by atoms with Crippen molar-refractivity contribution in [2.45, 2.75) is 6.54 Å². The van der Waals surface area contributed by atoms with Crippen molar-refractivity contribution in [2.24, 2.45) is 0 Å². The Hall–Kier alpha value is -3.23. The molecule has 1 fully saturated rings. The van der Waals surface area contributed by atoms with Crippen molar-refractivity contribution in [1.82, 2.24) is 4.90 Å². The summed E-state index contributed by atoms with van der Waals surface area (Å²) in [5, 5.41) is 2.72. The first-order valence-corrected chi connectivity index (χ1v) is 9.55. The maximum absolute atomic E-state index is 13.6. The Bertz CT molecular complexity index is 1060. The van der Waals surface area contributed by atoms with Gasteiger partial charge in [0.15, 0.2) is 17.4 Å². The third-order valence-corrected chi connectivity index (χ3v) is 4.92. The molecule has 1 aliphatic rings. The minimum Gasteiger partial charge on any atom is -0.455 e. The van der Waals surface area contributed by atoms with Crippen LogP contribution in [0.3, 0.4) is 0 Å². The number of rotatable bonds is 5. The lowest BCUT2D eigenvalue weighted by Crippen LogP contribution is -2.35. The molecular weight excluding hydrogens is 392 g/mol. The van der Waals surface area contributed by atoms with Gasteiger partial charge in [-0.1, -0.05) is 12.1 Å². The zero-order valence-electron chi connectivity index (χ0n) is 16.2. The molecule has 0 radical (unpaired) electrons. The van der Waals surface area contributed by atoms with Gasteiger partial charge in [0.1, 0.15) is 5.76 Å². The van der Waals surface area contributed by atoms with Gasteiger partial charge in [0.05, 0.1) is 31.1 Å². The Morgan fingerprint density at radius 3 is 2.50 bits per heavy atom. The van der Waals surface area contributed by atoms with Gasteiger partial charge in [-0.3, -0.25) is 9.69 Å². The fraction of sp³-hybridized carbons (Fsp3) is 0.227. The second kappa shape index (κ2) is 8.64. The van der Waals surface area contributed by atoms with Gasteiger partial charge in [-0.05, 0) is 47.5 Å². The van der Waals surface area contributed by atoms with Crippen molar-refractivity contribution in [1.29, 1.82) is 0 Å². The summed E-state index contributed by atoms with van der Waals surface area (Å²) in [6.45, 7) is 3.60. The van der Waals surface area contributed by atoms with Crippen LogP contribution in [0.25, 0.3) is 11.1 Å². The van der Waals surface area contributed by atoms with Crippen molar-refractivity contribution in [3.8, 4) is 11.1 Å². The number of hydrogen-bond donors (Lipinski definition) is 2. The van der Waals surface area contributed by atoms with Crippen LogP contribution in [0.1, 0.15) is 16.3 Å². The van der Waals surface area contributed by atoms with Crippen LogP contribution in [0.15, 0.2) is 52.9 Å². The molecule has 3 aromatic rings. The molecule has 1 aliphatic heterocycles. The number of benzene rings is 2. The van der Waals surface area contributed by atoms with Crippen molar-refractivity contribution in [2.75, 3.05) is 37.4 Å². The molecule has 0 aliphatic carbocycles. The summed E-state index contributed by atoms with van der Waals surface area (Å²) < 4.78 is 37.8. The van der Waals surface area contributed by atoms with Crippen LogP contribution in [0.4, 0.5) is 20.2 Å². The molecule has 1 saturated heterocycles. The summed E-state index contributed by atoms with van der Waals surface area (Å²) in [5.41, 5.74) is 7.73. The van der Waals surface area contributed by atoms with Crippen LogP contribution in [0, 0.1) is 11.6 Å². The van der Waals surface area contributed by atoms with Gasteiger partial charge in [-0.15, -0.1) is 0 Å². The second-order valence-electron chi connectivity index (χ2n) is 7.04. The molecule has 4 rings (SSSR count). The fourth-order valence-corrected chi connectivity index (χ4v) is 3.27. The molecule has 30 heavy (non-hydrogen) atoms. The predicted octanol–water partition coefficient (Wildman–Crippen LogP) is 3.89. The first-order valence-electron chi connectivity index (χ1n) is 9.55. The number of nitrogens with one attached hydrogen (secondary N) is 1. The first-order chi connectivity index (χ1) is 14.5. The number of amides is 1. The van der Waals surface area contributed by atoms with E-state index in [0.29, 0.717) is 48.0 Å². The number of nitrogens with two attached hydrogens (primary N) is 1. The maximum Gasteiger partial charge on any atom is 0.291 e. The normalized spacial score (nSPS) is 14.6. The number of hydrogen-bond acceptors (Lipinski definition) is 5. The molecule has 2 heterocycles. The lowest BCUT2D eigenvalue weighted by atomic mass is 10.0. The van der Waals surface area contributed by atoms with Crippen LogP contribution in [-0.4, -0.2) is 37.1 Å². The lowest BCUT2D eigenvalue weighted by molar-refractivity contribution is 0.0312. The van der Waals surface area contributed by atoms with Crippen LogP contribution >= 0.6 is 0 Å². The minimum absolute atomic E-state index is 0.163. The molecular formula is C22H21F2N3O3. The highest BCUT2D eigenvalue weighted by Gasteiger charge is 2.17. The van der Waals surface area contributed by atoms with E-state index in [2.05, 4.69) is 10.2 Å². The highest BCUT2D eigenvalue weighted by molar-refractivity contribution is 6.04. The van der Waals surface area contributed by atoms with Crippen LogP contribution < -0.4 is 11.1 Å². The lowest BCUT2D eigenvalue weighted by Gasteiger charge is -2.25. The van der Waals surface area contributed by atoms with E-state index in [4.69, 9.17) is 14.9 Å². The molecule has 3 N–H and O–H groups in total. The van der Waals surface area contributed by atoms with E-state index in [1.165, 1.54) is 6.07 Å². The topological polar surface area (TPSA) is 80.7 Å². The monoisotopic (exact) mass is 413 g/mol. The van der Waals surface area contributed by atoms with Crippen molar-refractivity contribution >= 4 is 17.3 Å². The number of ether oxygens (including phenoxy) is 1. The third kappa shape index (κ3) is 4.50. The Kier molecular flexibility index (Phi) is 5.78. The number of nitrogens with zero attached hydrogens (tertiary/aromatic N) is 1. The third-order valence-electron chi connectivity index (χ3n) is 4.92. The van der Waals surface area contributed by atoms with Crippen molar-refractivity contribution < 1.29 is 22.7 Å². The molecule has 0 saturated carbocycles. The maximum atomic E-state index is 13.6. The summed E-state index contributed by atoms with van der Waals surface area (Å²) in [4.78, 5) is 14.8.